The second-order valence-electron chi connectivity index (χ2n) is 7.90. The van der Waals surface area contributed by atoms with Gasteiger partial charge in [0.2, 0.25) is 0 Å². The highest BCUT2D eigenvalue weighted by atomic mass is 16.3. The quantitative estimate of drug-likeness (QED) is 0.569. The zero-order valence-corrected chi connectivity index (χ0v) is 17.0. The van der Waals surface area contributed by atoms with E-state index in [0.29, 0.717) is 18.0 Å². The number of nitrogens with zero attached hydrogens (tertiary/aromatic N) is 6. The smallest absolute Gasteiger partial charge is 0.157 e. The zero-order chi connectivity index (χ0) is 20.7. The van der Waals surface area contributed by atoms with Gasteiger partial charge in [-0.2, -0.15) is 10.4 Å². The van der Waals surface area contributed by atoms with Crippen molar-refractivity contribution in [1.82, 2.24) is 19.2 Å². The highest BCUT2D eigenvalue weighted by Gasteiger charge is 2.26. The first kappa shape index (κ1) is 18.6. The lowest BCUT2D eigenvalue weighted by molar-refractivity contribution is 0.265. The molecule has 1 aliphatic rings. The molecule has 1 aromatic carbocycles. The summed E-state index contributed by atoms with van der Waals surface area (Å²) >= 11 is 0. The lowest BCUT2D eigenvalue weighted by Gasteiger charge is -2.34. The SMILES string of the molecule is Cc1cc(N2CCC(c3ccnn3CCO)CC2)n2c(nc3ccccc32)c1C#N. The maximum atomic E-state index is 9.71. The van der Waals surface area contributed by atoms with E-state index in [1.54, 1.807) is 0 Å². The third-order valence-corrected chi connectivity index (χ3v) is 6.16. The Bertz CT molecular complexity index is 1260. The summed E-state index contributed by atoms with van der Waals surface area (Å²) in [5.41, 5.74) is 5.47. The van der Waals surface area contributed by atoms with Crippen LogP contribution in [0.2, 0.25) is 0 Å². The first-order valence-electron chi connectivity index (χ1n) is 10.4. The highest BCUT2D eigenvalue weighted by molar-refractivity contribution is 5.85. The van der Waals surface area contributed by atoms with Crippen LogP contribution >= 0.6 is 0 Å². The molecule has 1 saturated heterocycles. The van der Waals surface area contributed by atoms with Gasteiger partial charge in [0.05, 0.1) is 29.7 Å². The van der Waals surface area contributed by atoms with Crippen LogP contribution in [0.25, 0.3) is 16.7 Å². The molecular formula is C23H24N6O. The van der Waals surface area contributed by atoms with Crippen molar-refractivity contribution in [2.24, 2.45) is 0 Å². The number of imidazole rings is 1. The minimum absolute atomic E-state index is 0.101. The van der Waals surface area contributed by atoms with E-state index in [2.05, 4.69) is 38.7 Å². The molecule has 7 heteroatoms. The normalized spacial score (nSPS) is 15.2. The molecule has 30 heavy (non-hydrogen) atoms. The fourth-order valence-electron chi connectivity index (χ4n) is 4.68. The van der Waals surface area contributed by atoms with E-state index < -0.39 is 0 Å². The standard InChI is InChI=1S/C23H24N6O/c1-16-14-22(29-21-5-3-2-4-19(21)26-23(29)18(16)15-24)27-10-7-17(8-11-27)20-6-9-25-28(20)12-13-30/h2-6,9,14,17,30H,7-8,10-13H2,1H3. The van der Waals surface area contributed by atoms with Crippen LogP contribution in [0.5, 0.6) is 0 Å². The number of hydrogen-bond donors (Lipinski definition) is 1. The number of aromatic nitrogens is 4. The van der Waals surface area contributed by atoms with E-state index in [4.69, 9.17) is 4.98 Å². The lowest BCUT2D eigenvalue weighted by atomic mass is 9.93. The molecule has 3 aromatic heterocycles. The van der Waals surface area contributed by atoms with Gasteiger partial charge < -0.3 is 10.0 Å². The Labute approximate surface area is 174 Å². The van der Waals surface area contributed by atoms with Gasteiger partial charge in [-0.05, 0) is 49.6 Å². The van der Waals surface area contributed by atoms with Crippen molar-refractivity contribution in [3.8, 4) is 6.07 Å². The van der Waals surface area contributed by atoms with Gasteiger partial charge in [0.25, 0.3) is 0 Å². The molecule has 1 aliphatic heterocycles. The van der Waals surface area contributed by atoms with Gasteiger partial charge in [-0.15, -0.1) is 0 Å². The van der Waals surface area contributed by atoms with Gasteiger partial charge in [-0.25, -0.2) is 4.98 Å². The molecule has 1 N–H and O–H groups in total. The Morgan fingerprint density at radius 3 is 2.77 bits per heavy atom. The predicted molar refractivity (Wildman–Crippen MR) is 116 cm³/mol. The van der Waals surface area contributed by atoms with Gasteiger partial charge in [-0.1, -0.05) is 12.1 Å². The number of aliphatic hydroxyl groups is 1. The van der Waals surface area contributed by atoms with Crippen LogP contribution in [-0.2, 0) is 6.54 Å². The number of hydrogen-bond acceptors (Lipinski definition) is 5. The van der Waals surface area contributed by atoms with Crippen molar-refractivity contribution >= 4 is 22.5 Å². The third kappa shape index (κ3) is 2.92. The van der Waals surface area contributed by atoms with E-state index in [-0.39, 0.29) is 6.61 Å². The van der Waals surface area contributed by atoms with Gasteiger partial charge in [-0.3, -0.25) is 9.08 Å². The topological polar surface area (TPSA) is 82.4 Å². The third-order valence-electron chi connectivity index (χ3n) is 6.16. The molecule has 0 bridgehead atoms. The number of nitriles is 1. The summed E-state index contributed by atoms with van der Waals surface area (Å²) in [6.45, 7) is 4.47. The maximum Gasteiger partial charge on any atom is 0.157 e. The molecule has 5 rings (SSSR count). The Balaban J connectivity index is 1.52. The van der Waals surface area contributed by atoms with E-state index in [9.17, 15) is 10.4 Å². The summed E-state index contributed by atoms with van der Waals surface area (Å²) in [5.74, 6) is 1.53. The molecule has 0 spiro atoms. The summed E-state index contributed by atoms with van der Waals surface area (Å²) in [7, 11) is 0. The molecule has 7 nitrogen and oxygen atoms in total. The van der Waals surface area contributed by atoms with Crippen LogP contribution in [0.1, 0.15) is 35.6 Å². The van der Waals surface area contributed by atoms with Crippen LogP contribution in [-0.4, -0.2) is 44.0 Å². The second-order valence-corrected chi connectivity index (χ2v) is 7.90. The second kappa shape index (κ2) is 7.47. The number of aryl methyl sites for hydroxylation is 1. The molecule has 0 aliphatic carbocycles. The van der Waals surface area contributed by atoms with E-state index >= 15 is 0 Å². The van der Waals surface area contributed by atoms with E-state index in [0.717, 1.165) is 54.0 Å². The summed E-state index contributed by atoms with van der Waals surface area (Å²) < 4.78 is 4.06. The number of fused-ring (bicyclic) bond motifs is 3. The number of pyridine rings is 1. The number of benzene rings is 1. The Morgan fingerprint density at radius 2 is 2.00 bits per heavy atom. The minimum atomic E-state index is 0.101. The average Bonchev–Trinajstić information content (AvgIpc) is 3.38. The Morgan fingerprint density at radius 1 is 1.20 bits per heavy atom. The maximum absolute atomic E-state index is 9.71. The summed E-state index contributed by atoms with van der Waals surface area (Å²) in [6, 6.07) is 14.6. The van der Waals surface area contributed by atoms with Gasteiger partial charge in [0.1, 0.15) is 11.9 Å². The fourth-order valence-corrected chi connectivity index (χ4v) is 4.68. The molecule has 0 amide bonds. The van der Waals surface area contributed by atoms with Crippen molar-refractivity contribution in [1.29, 1.82) is 5.26 Å². The fraction of sp³-hybridized carbons (Fsp3) is 0.348. The van der Waals surface area contributed by atoms with Crippen LogP contribution in [0, 0.1) is 18.3 Å². The van der Waals surface area contributed by atoms with Gasteiger partial charge in [0.15, 0.2) is 5.65 Å². The number of aliphatic hydroxyl groups excluding tert-OH is 1. The van der Waals surface area contributed by atoms with Crippen molar-refractivity contribution in [2.75, 3.05) is 24.6 Å². The molecule has 1 fully saturated rings. The number of para-hydroxylation sites is 2. The van der Waals surface area contributed by atoms with Crippen molar-refractivity contribution in [3.05, 3.63) is 59.4 Å². The van der Waals surface area contributed by atoms with E-state index in [1.165, 1.54) is 5.69 Å². The zero-order valence-electron chi connectivity index (χ0n) is 17.0. The van der Waals surface area contributed by atoms with Crippen LogP contribution in [0.4, 0.5) is 5.82 Å². The monoisotopic (exact) mass is 400 g/mol. The molecule has 0 saturated carbocycles. The molecule has 0 radical (unpaired) electrons. The van der Waals surface area contributed by atoms with E-state index in [1.807, 2.05) is 36.0 Å². The predicted octanol–water partition coefficient (Wildman–Crippen LogP) is 3.24. The largest absolute Gasteiger partial charge is 0.394 e. The summed E-state index contributed by atoms with van der Waals surface area (Å²) in [5, 5.41) is 23.4. The molecule has 0 atom stereocenters. The molecule has 4 heterocycles. The van der Waals surface area contributed by atoms with Crippen LogP contribution < -0.4 is 4.90 Å². The number of anilines is 1. The molecular weight excluding hydrogens is 376 g/mol. The number of rotatable bonds is 4. The molecule has 0 unspecified atom stereocenters. The van der Waals surface area contributed by atoms with Crippen molar-refractivity contribution in [2.45, 2.75) is 32.2 Å². The lowest BCUT2D eigenvalue weighted by Crippen LogP contribution is -2.35. The summed E-state index contributed by atoms with van der Waals surface area (Å²) in [6.07, 6.45) is 3.86. The minimum Gasteiger partial charge on any atom is -0.394 e. The van der Waals surface area contributed by atoms with Crippen molar-refractivity contribution < 1.29 is 5.11 Å². The van der Waals surface area contributed by atoms with Crippen LogP contribution in [0.3, 0.4) is 0 Å². The van der Waals surface area contributed by atoms with Crippen LogP contribution in [0.15, 0.2) is 42.6 Å². The summed E-state index contributed by atoms with van der Waals surface area (Å²) in [4.78, 5) is 7.17. The first-order chi connectivity index (χ1) is 14.7. The molecule has 4 aromatic rings. The highest BCUT2D eigenvalue weighted by Crippen LogP contribution is 2.33. The first-order valence-corrected chi connectivity index (χ1v) is 10.4. The Kier molecular flexibility index (Phi) is 4.64. The van der Waals surface area contributed by atoms with Crippen molar-refractivity contribution in [3.63, 3.8) is 0 Å². The number of piperidine rings is 1. The van der Waals surface area contributed by atoms with Gasteiger partial charge in [0, 0.05) is 30.9 Å². The average molecular weight is 400 g/mol. The molecule has 152 valence electrons. The Hall–Kier alpha value is -3.37. The van der Waals surface area contributed by atoms with Gasteiger partial charge >= 0.3 is 0 Å².